The largest absolute Gasteiger partial charge is 0.381 e. The van der Waals surface area contributed by atoms with Gasteiger partial charge < -0.3 is 4.74 Å². The molecule has 1 aliphatic carbocycles. The van der Waals surface area contributed by atoms with E-state index < -0.39 is 0 Å². The molecule has 1 N–H and O–H groups in total. The summed E-state index contributed by atoms with van der Waals surface area (Å²) in [4.78, 5) is 0. The molecule has 80 valence electrons. The van der Waals surface area contributed by atoms with Crippen molar-refractivity contribution >= 4 is 0 Å². The summed E-state index contributed by atoms with van der Waals surface area (Å²) < 4.78 is 5.30. The van der Waals surface area contributed by atoms with Gasteiger partial charge in [0.25, 0.3) is 0 Å². The summed E-state index contributed by atoms with van der Waals surface area (Å²) in [5.74, 6) is 0. The summed E-state index contributed by atoms with van der Waals surface area (Å²) in [6.07, 6.45) is 4.14. The highest BCUT2D eigenvalue weighted by Crippen LogP contribution is 2.29. The Morgan fingerprint density at radius 1 is 1.43 bits per heavy atom. The van der Waals surface area contributed by atoms with Gasteiger partial charge in [-0.1, -0.05) is 0 Å². The summed E-state index contributed by atoms with van der Waals surface area (Å²) in [6.45, 7) is 4.17. The van der Waals surface area contributed by atoms with Crippen LogP contribution in [0.2, 0.25) is 0 Å². The molecular weight excluding hydrogens is 176 g/mol. The van der Waals surface area contributed by atoms with Crippen LogP contribution in [0.1, 0.15) is 39.5 Å². The lowest BCUT2D eigenvalue weighted by molar-refractivity contribution is 0.0510. The molecule has 1 aliphatic rings. The van der Waals surface area contributed by atoms with Crippen LogP contribution in [0.4, 0.5) is 0 Å². The van der Waals surface area contributed by atoms with Crippen LogP contribution in [0.15, 0.2) is 0 Å². The highest BCUT2D eigenvalue weighted by Gasteiger charge is 2.35. The van der Waals surface area contributed by atoms with Crippen LogP contribution in [-0.4, -0.2) is 24.8 Å². The molecule has 3 heteroatoms. The molecule has 0 amide bonds. The lowest BCUT2D eigenvalue weighted by Crippen LogP contribution is -2.50. The second-order valence-electron chi connectivity index (χ2n) is 4.43. The fourth-order valence-corrected chi connectivity index (χ4v) is 2.16. The molecule has 1 rings (SSSR count). The average molecular weight is 196 g/mol. The number of rotatable bonds is 3. The van der Waals surface area contributed by atoms with Gasteiger partial charge in [-0.3, -0.25) is 5.32 Å². The van der Waals surface area contributed by atoms with Crippen molar-refractivity contribution in [2.75, 3.05) is 7.11 Å². The van der Waals surface area contributed by atoms with Gasteiger partial charge in [-0.05, 0) is 39.5 Å². The third-order valence-electron chi connectivity index (χ3n) is 2.90. The number of methoxy groups -OCH3 is 1. The van der Waals surface area contributed by atoms with E-state index in [1.54, 1.807) is 7.11 Å². The van der Waals surface area contributed by atoms with E-state index in [1.807, 2.05) is 0 Å². The number of hydrogen-bond donors (Lipinski definition) is 1. The molecular formula is C11H20N2O. The Hall–Kier alpha value is -0.590. The minimum Gasteiger partial charge on any atom is -0.381 e. The van der Waals surface area contributed by atoms with E-state index in [-0.39, 0.29) is 5.54 Å². The maximum Gasteiger partial charge on any atom is 0.107 e. The van der Waals surface area contributed by atoms with E-state index in [4.69, 9.17) is 4.74 Å². The van der Waals surface area contributed by atoms with Gasteiger partial charge in [0, 0.05) is 13.2 Å². The smallest absolute Gasteiger partial charge is 0.107 e. The number of nitrogens with zero attached hydrogens (tertiary/aromatic N) is 1. The van der Waals surface area contributed by atoms with Gasteiger partial charge in [0.2, 0.25) is 0 Å². The van der Waals surface area contributed by atoms with Crippen LogP contribution in [0.3, 0.4) is 0 Å². The number of nitrogens with one attached hydrogen (secondary N) is 1. The molecule has 3 nitrogen and oxygen atoms in total. The topological polar surface area (TPSA) is 45.0 Å². The molecule has 0 aromatic rings. The molecule has 1 fully saturated rings. The quantitative estimate of drug-likeness (QED) is 0.749. The van der Waals surface area contributed by atoms with Crippen LogP contribution < -0.4 is 5.32 Å². The molecule has 0 radical (unpaired) electrons. The van der Waals surface area contributed by atoms with Crippen molar-refractivity contribution in [3.63, 3.8) is 0 Å². The maximum absolute atomic E-state index is 9.20. The Labute approximate surface area is 86.4 Å². The van der Waals surface area contributed by atoms with E-state index in [1.165, 1.54) is 0 Å². The highest BCUT2D eigenvalue weighted by atomic mass is 16.5. The second kappa shape index (κ2) is 4.77. The summed E-state index contributed by atoms with van der Waals surface area (Å²) >= 11 is 0. The molecule has 0 bridgehead atoms. The van der Waals surface area contributed by atoms with Gasteiger partial charge in [0.1, 0.15) is 5.54 Å². The normalized spacial score (nSPS) is 32.9. The van der Waals surface area contributed by atoms with Crippen LogP contribution in [0.25, 0.3) is 0 Å². The Morgan fingerprint density at radius 2 is 2.00 bits per heavy atom. The van der Waals surface area contributed by atoms with Gasteiger partial charge in [-0.15, -0.1) is 0 Å². The summed E-state index contributed by atoms with van der Waals surface area (Å²) in [5.41, 5.74) is -0.302. The molecule has 1 saturated carbocycles. The molecule has 0 aromatic heterocycles. The molecule has 0 atom stereocenters. The zero-order valence-electron chi connectivity index (χ0n) is 9.34. The first-order valence-corrected chi connectivity index (χ1v) is 5.33. The van der Waals surface area contributed by atoms with Gasteiger partial charge in [-0.25, -0.2) is 0 Å². The van der Waals surface area contributed by atoms with Gasteiger partial charge in [-0.2, -0.15) is 5.26 Å². The fraction of sp³-hybridized carbons (Fsp3) is 0.909. The summed E-state index contributed by atoms with van der Waals surface area (Å²) in [6, 6.07) is 2.80. The van der Waals surface area contributed by atoms with Crippen molar-refractivity contribution in [3.8, 4) is 6.07 Å². The average Bonchev–Trinajstić information content (AvgIpc) is 2.18. The first-order valence-electron chi connectivity index (χ1n) is 5.33. The first-order chi connectivity index (χ1) is 6.62. The molecule has 0 spiro atoms. The van der Waals surface area contributed by atoms with Crippen molar-refractivity contribution < 1.29 is 4.74 Å². The van der Waals surface area contributed by atoms with Crippen molar-refractivity contribution in [2.45, 2.75) is 57.2 Å². The predicted molar refractivity (Wildman–Crippen MR) is 55.9 cm³/mol. The SMILES string of the molecule is COC1CCC(C#N)(NC(C)C)CC1. The predicted octanol–water partition coefficient (Wildman–Crippen LogP) is 1.84. The fourth-order valence-electron chi connectivity index (χ4n) is 2.16. The summed E-state index contributed by atoms with van der Waals surface area (Å²) in [5, 5.41) is 12.6. The minimum absolute atomic E-state index is 0.302. The van der Waals surface area contributed by atoms with Crippen molar-refractivity contribution in [1.82, 2.24) is 5.32 Å². The van der Waals surface area contributed by atoms with Crippen LogP contribution >= 0.6 is 0 Å². The standard InChI is InChI=1S/C11H20N2O/c1-9(2)13-11(8-12)6-4-10(14-3)5-7-11/h9-10,13H,4-7H2,1-3H3. The van der Waals surface area contributed by atoms with Crippen LogP contribution in [-0.2, 0) is 4.74 Å². The second-order valence-corrected chi connectivity index (χ2v) is 4.43. The maximum atomic E-state index is 9.20. The molecule has 0 heterocycles. The lowest BCUT2D eigenvalue weighted by atomic mass is 9.81. The van der Waals surface area contributed by atoms with E-state index in [9.17, 15) is 5.26 Å². The minimum atomic E-state index is -0.302. The first kappa shape index (κ1) is 11.5. The van der Waals surface area contributed by atoms with Gasteiger partial charge in [0.15, 0.2) is 0 Å². The van der Waals surface area contributed by atoms with E-state index >= 15 is 0 Å². The Morgan fingerprint density at radius 3 is 2.36 bits per heavy atom. The monoisotopic (exact) mass is 196 g/mol. The van der Waals surface area contributed by atoms with E-state index in [0.717, 1.165) is 25.7 Å². The van der Waals surface area contributed by atoms with Crippen LogP contribution in [0, 0.1) is 11.3 Å². The van der Waals surface area contributed by atoms with Crippen LogP contribution in [0.5, 0.6) is 0 Å². The number of hydrogen-bond acceptors (Lipinski definition) is 3. The van der Waals surface area contributed by atoms with Gasteiger partial charge in [0.05, 0.1) is 12.2 Å². The van der Waals surface area contributed by atoms with Crippen molar-refractivity contribution in [2.24, 2.45) is 0 Å². The lowest BCUT2D eigenvalue weighted by Gasteiger charge is -2.36. The Bertz CT molecular complexity index is 212. The molecule has 14 heavy (non-hydrogen) atoms. The van der Waals surface area contributed by atoms with E-state index in [0.29, 0.717) is 12.1 Å². The molecule has 0 saturated heterocycles. The van der Waals surface area contributed by atoms with E-state index in [2.05, 4.69) is 25.2 Å². The number of nitriles is 1. The molecule has 0 unspecified atom stereocenters. The highest BCUT2D eigenvalue weighted by molar-refractivity contribution is 5.10. The Balaban J connectivity index is 2.53. The van der Waals surface area contributed by atoms with Gasteiger partial charge >= 0.3 is 0 Å². The molecule has 0 aromatic carbocycles. The van der Waals surface area contributed by atoms with Crippen molar-refractivity contribution in [3.05, 3.63) is 0 Å². The third-order valence-corrected chi connectivity index (χ3v) is 2.90. The number of ether oxygens (including phenoxy) is 1. The molecule has 0 aliphatic heterocycles. The zero-order chi connectivity index (χ0) is 10.6. The third kappa shape index (κ3) is 2.70. The summed E-state index contributed by atoms with van der Waals surface area (Å²) in [7, 11) is 1.75. The zero-order valence-corrected chi connectivity index (χ0v) is 9.34. The Kier molecular flexibility index (Phi) is 3.91. The van der Waals surface area contributed by atoms with Crippen molar-refractivity contribution in [1.29, 1.82) is 5.26 Å².